The summed E-state index contributed by atoms with van der Waals surface area (Å²) in [5.74, 6) is 0. The SMILES string of the molecule is CCNC(CCCOC)C1(c2ccccc2)CCC1. The van der Waals surface area contributed by atoms with Crippen LogP contribution in [0, 0.1) is 0 Å². The highest BCUT2D eigenvalue weighted by molar-refractivity contribution is 5.30. The van der Waals surface area contributed by atoms with Gasteiger partial charge >= 0.3 is 0 Å². The number of methoxy groups -OCH3 is 1. The predicted molar refractivity (Wildman–Crippen MR) is 80.5 cm³/mol. The van der Waals surface area contributed by atoms with Crippen LogP contribution in [0.3, 0.4) is 0 Å². The summed E-state index contributed by atoms with van der Waals surface area (Å²) in [7, 11) is 1.79. The summed E-state index contributed by atoms with van der Waals surface area (Å²) in [4.78, 5) is 0. The molecule has 106 valence electrons. The Labute approximate surface area is 117 Å². The molecule has 0 heterocycles. The second kappa shape index (κ2) is 7.06. The molecular formula is C17H27NO. The van der Waals surface area contributed by atoms with Crippen LogP contribution < -0.4 is 5.32 Å². The van der Waals surface area contributed by atoms with E-state index in [1.165, 1.54) is 31.2 Å². The smallest absolute Gasteiger partial charge is 0.0462 e. The van der Waals surface area contributed by atoms with Gasteiger partial charge in [-0.15, -0.1) is 0 Å². The molecule has 1 saturated carbocycles. The van der Waals surface area contributed by atoms with Crippen molar-refractivity contribution in [3.63, 3.8) is 0 Å². The number of ether oxygens (including phenoxy) is 1. The molecule has 1 aromatic carbocycles. The summed E-state index contributed by atoms with van der Waals surface area (Å²) in [5.41, 5.74) is 1.88. The summed E-state index contributed by atoms with van der Waals surface area (Å²) in [6, 6.07) is 11.7. The van der Waals surface area contributed by atoms with E-state index in [0.717, 1.165) is 19.6 Å². The minimum absolute atomic E-state index is 0.366. The van der Waals surface area contributed by atoms with Gasteiger partial charge in [-0.1, -0.05) is 43.7 Å². The van der Waals surface area contributed by atoms with E-state index in [2.05, 4.69) is 42.6 Å². The molecule has 1 aliphatic carbocycles. The number of hydrogen-bond acceptors (Lipinski definition) is 2. The van der Waals surface area contributed by atoms with Gasteiger partial charge in [-0.25, -0.2) is 0 Å². The molecule has 2 nitrogen and oxygen atoms in total. The van der Waals surface area contributed by atoms with Crippen LogP contribution in [0.4, 0.5) is 0 Å². The maximum Gasteiger partial charge on any atom is 0.0462 e. The highest BCUT2D eigenvalue weighted by Crippen LogP contribution is 2.47. The summed E-state index contributed by atoms with van der Waals surface area (Å²) in [5, 5.41) is 3.73. The molecule has 0 radical (unpaired) electrons. The lowest BCUT2D eigenvalue weighted by molar-refractivity contribution is 0.141. The number of nitrogens with one attached hydrogen (secondary N) is 1. The highest BCUT2D eigenvalue weighted by atomic mass is 16.5. The molecule has 0 aliphatic heterocycles. The van der Waals surface area contributed by atoms with E-state index in [0.29, 0.717) is 11.5 Å². The Morgan fingerprint density at radius 1 is 1.26 bits per heavy atom. The van der Waals surface area contributed by atoms with Crippen LogP contribution in [0.25, 0.3) is 0 Å². The average Bonchev–Trinajstić information content (AvgIpc) is 2.39. The number of rotatable bonds is 8. The van der Waals surface area contributed by atoms with Crippen LogP contribution in [0.15, 0.2) is 30.3 Å². The molecular weight excluding hydrogens is 234 g/mol. The van der Waals surface area contributed by atoms with Gasteiger partial charge in [0.25, 0.3) is 0 Å². The molecule has 0 saturated heterocycles. The van der Waals surface area contributed by atoms with Crippen LogP contribution in [0.5, 0.6) is 0 Å². The van der Waals surface area contributed by atoms with Crippen molar-refractivity contribution in [3.05, 3.63) is 35.9 Å². The molecule has 19 heavy (non-hydrogen) atoms. The fraction of sp³-hybridized carbons (Fsp3) is 0.647. The first-order chi connectivity index (χ1) is 9.33. The first kappa shape index (κ1) is 14.5. The molecule has 0 bridgehead atoms. The maximum atomic E-state index is 5.21. The average molecular weight is 261 g/mol. The number of likely N-dealkylation sites (N-methyl/N-ethyl adjacent to an activating group) is 1. The molecule has 1 aliphatic rings. The summed E-state index contributed by atoms with van der Waals surface area (Å²) in [6.45, 7) is 4.12. The van der Waals surface area contributed by atoms with Gasteiger partial charge < -0.3 is 10.1 Å². The van der Waals surface area contributed by atoms with Crippen molar-refractivity contribution in [3.8, 4) is 0 Å². The van der Waals surface area contributed by atoms with E-state index in [9.17, 15) is 0 Å². The largest absolute Gasteiger partial charge is 0.385 e. The van der Waals surface area contributed by atoms with Crippen LogP contribution >= 0.6 is 0 Å². The normalized spacial score (nSPS) is 18.8. The molecule has 1 aromatic rings. The molecule has 0 spiro atoms. The van der Waals surface area contributed by atoms with E-state index in [-0.39, 0.29) is 0 Å². The Balaban J connectivity index is 2.12. The molecule has 0 amide bonds. The van der Waals surface area contributed by atoms with Gasteiger partial charge in [-0.2, -0.15) is 0 Å². The van der Waals surface area contributed by atoms with Crippen molar-refractivity contribution in [2.24, 2.45) is 0 Å². The van der Waals surface area contributed by atoms with Crippen molar-refractivity contribution >= 4 is 0 Å². The third-order valence-electron chi connectivity index (χ3n) is 4.55. The highest BCUT2D eigenvalue weighted by Gasteiger charge is 2.44. The molecule has 1 fully saturated rings. The van der Waals surface area contributed by atoms with Crippen molar-refractivity contribution < 1.29 is 4.74 Å². The van der Waals surface area contributed by atoms with E-state index in [1.54, 1.807) is 7.11 Å². The van der Waals surface area contributed by atoms with E-state index < -0.39 is 0 Å². The van der Waals surface area contributed by atoms with Gasteiger partial charge in [0.2, 0.25) is 0 Å². The number of hydrogen-bond donors (Lipinski definition) is 1. The number of benzene rings is 1. The van der Waals surface area contributed by atoms with Gasteiger partial charge in [-0.05, 0) is 37.8 Å². The van der Waals surface area contributed by atoms with Gasteiger partial charge in [0.05, 0.1) is 0 Å². The lowest BCUT2D eigenvalue weighted by atomic mass is 9.59. The van der Waals surface area contributed by atoms with Gasteiger partial charge in [0.1, 0.15) is 0 Å². The van der Waals surface area contributed by atoms with Crippen molar-refractivity contribution in [1.82, 2.24) is 5.32 Å². The molecule has 1 atom stereocenters. The second-order valence-corrected chi connectivity index (χ2v) is 5.62. The zero-order valence-corrected chi connectivity index (χ0v) is 12.3. The Hall–Kier alpha value is -0.860. The van der Waals surface area contributed by atoms with Gasteiger partial charge in [0.15, 0.2) is 0 Å². The molecule has 1 unspecified atom stereocenters. The fourth-order valence-electron chi connectivity index (χ4n) is 3.42. The monoisotopic (exact) mass is 261 g/mol. The molecule has 1 N–H and O–H groups in total. The lowest BCUT2D eigenvalue weighted by Gasteiger charge is -2.49. The lowest BCUT2D eigenvalue weighted by Crippen LogP contribution is -2.52. The van der Waals surface area contributed by atoms with Crippen molar-refractivity contribution in [2.45, 2.75) is 50.5 Å². The maximum absolute atomic E-state index is 5.21. The molecule has 2 rings (SSSR count). The first-order valence-corrected chi connectivity index (χ1v) is 7.61. The standard InChI is InChI=1S/C17H27NO/c1-3-18-16(11-7-14-19-2)17(12-8-13-17)15-9-5-4-6-10-15/h4-6,9-10,16,18H,3,7-8,11-14H2,1-2H3. The summed E-state index contributed by atoms with van der Waals surface area (Å²) < 4.78 is 5.21. The third-order valence-corrected chi connectivity index (χ3v) is 4.55. The van der Waals surface area contributed by atoms with E-state index in [1.807, 2.05) is 0 Å². The predicted octanol–water partition coefficient (Wildman–Crippen LogP) is 3.51. The Morgan fingerprint density at radius 3 is 2.53 bits per heavy atom. The van der Waals surface area contributed by atoms with Crippen LogP contribution in [-0.2, 0) is 10.2 Å². The van der Waals surface area contributed by atoms with Crippen molar-refractivity contribution in [1.29, 1.82) is 0 Å². The minimum Gasteiger partial charge on any atom is -0.385 e. The topological polar surface area (TPSA) is 21.3 Å². The van der Waals surface area contributed by atoms with Crippen LogP contribution in [-0.4, -0.2) is 26.3 Å². The summed E-state index contributed by atoms with van der Waals surface area (Å²) in [6.07, 6.45) is 6.35. The molecule has 2 heteroatoms. The third kappa shape index (κ3) is 3.18. The zero-order chi connectivity index (χ0) is 13.6. The van der Waals surface area contributed by atoms with Crippen LogP contribution in [0.1, 0.15) is 44.6 Å². The molecule has 0 aromatic heterocycles. The van der Waals surface area contributed by atoms with Gasteiger partial charge in [-0.3, -0.25) is 0 Å². The van der Waals surface area contributed by atoms with Crippen LogP contribution in [0.2, 0.25) is 0 Å². The summed E-state index contributed by atoms with van der Waals surface area (Å²) >= 11 is 0. The Bertz CT molecular complexity index is 359. The Kier molecular flexibility index (Phi) is 5.41. The minimum atomic E-state index is 0.366. The van der Waals surface area contributed by atoms with E-state index in [4.69, 9.17) is 4.74 Å². The van der Waals surface area contributed by atoms with Crippen molar-refractivity contribution in [2.75, 3.05) is 20.3 Å². The van der Waals surface area contributed by atoms with Gasteiger partial charge in [0, 0.05) is 25.2 Å². The quantitative estimate of drug-likeness (QED) is 0.723. The fourth-order valence-corrected chi connectivity index (χ4v) is 3.42. The zero-order valence-electron chi connectivity index (χ0n) is 12.3. The first-order valence-electron chi connectivity index (χ1n) is 7.61. The van der Waals surface area contributed by atoms with E-state index >= 15 is 0 Å². The second-order valence-electron chi connectivity index (χ2n) is 5.62. The Morgan fingerprint density at radius 2 is 2.00 bits per heavy atom.